The van der Waals surface area contributed by atoms with E-state index in [1.54, 1.807) is 0 Å². The van der Waals surface area contributed by atoms with E-state index in [0.717, 1.165) is 23.1 Å². The van der Waals surface area contributed by atoms with E-state index in [4.69, 9.17) is 10.5 Å². The molecule has 1 fully saturated rings. The van der Waals surface area contributed by atoms with Crippen molar-refractivity contribution in [2.45, 2.75) is 31.6 Å². The highest BCUT2D eigenvalue weighted by Gasteiger charge is 2.16. The average molecular weight is 253 g/mol. The standard InChI is InChI=1S/C17H19NO/c18-15-7-11-17(12-8-15)19-16-9-5-14(6-10-16)13-3-1-2-4-13/h5-13H,1-4,18H2. The van der Waals surface area contributed by atoms with Crippen LogP contribution in [0.3, 0.4) is 0 Å². The van der Waals surface area contributed by atoms with E-state index in [2.05, 4.69) is 24.3 Å². The minimum Gasteiger partial charge on any atom is -0.457 e. The van der Waals surface area contributed by atoms with Crippen molar-refractivity contribution in [1.82, 2.24) is 0 Å². The summed E-state index contributed by atoms with van der Waals surface area (Å²) in [7, 11) is 0. The first kappa shape index (κ1) is 12.1. The Morgan fingerprint density at radius 2 is 1.32 bits per heavy atom. The van der Waals surface area contributed by atoms with Gasteiger partial charge >= 0.3 is 0 Å². The molecule has 0 atom stereocenters. The molecule has 0 amide bonds. The highest BCUT2D eigenvalue weighted by atomic mass is 16.5. The molecule has 2 nitrogen and oxygen atoms in total. The topological polar surface area (TPSA) is 35.2 Å². The summed E-state index contributed by atoms with van der Waals surface area (Å²) in [5.41, 5.74) is 7.85. The van der Waals surface area contributed by atoms with Crippen LogP contribution >= 0.6 is 0 Å². The van der Waals surface area contributed by atoms with Gasteiger partial charge in [-0.1, -0.05) is 25.0 Å². The number of hydrogen-bond donors (Lipinski definition) is 1. The van der Waals surface area contributed by atoms with Gasteiger partial charge in [0, 0.05) is 5.69 Å². The summed E-state index contributed by atoms with van der Waals surface area (Å²) in [6, 6.07) is 16.0. The van der Waals surface area contributed by atoms with Crippen LogP contribution in [-0.4, -0.2) is 0 Å². The fourth-order valence-electron chi connectivity index (χ4n) is 2.74. The van der Waals surface area contributed by atoms with E-state index in [1.807, 2.05) is 24.3 Å². The lowest BCUT2D eigenvalue weighted by Crippen LogP contribution is -1.92. The number of nitrogen functional groups attached to an aromatic ring is 1. The summed E-state index contributed by atoms with van der Waals surface area (Å²) in [6.07, 6.45) is 5.40. The number of ether oxygens (including phenoxy) is 1. The van der Waals surface area contributed by atoms with Gasteiger partial charge in [-0.3, -0.25) is 0 Å². The number of nitrogens with two attached hydrogens (primary N) is 1. The lowest BCUT2D eigenvalue weighted by atomic mass is 9.98. The maximum absolute atomic E-state index is 5.80. The van der Waals surface area contributed by atoms with E-state index in [9.17, 15) is 0 Å². The molecular weight excluding hydrogens is 234 g/mol. The molecule has 2 N–H and O–H groups in total. The number of benzene rings is 2. The van der Waals surface area contributed by atoms with Crippen molar-refractivity contribution < 1.29 is 4.74 Å². The Morgan fingerprint density at radius 1 is 0.789 bits per heavy atom. The molecule has 0 spiro atoms. The molecular formula is C17H19NO. The molecule has 98 valence electrons. The second-order valence-electron chi connectivity index (χ2n) is 5.22. The molecule has 1 aliphatic rings. The van der Waals surface area contributed by atoms with Crippen LogP contribution < -0.4 is 10.5 Å². The van der Waals surface area contributed by atoms with Gasteiger partial charge in [0.15, 0.2) is 0 Å². The number of hydrogen-bond acceptors (Lipinski definition) is 2. The Hall–Kier alpha value is -1.96. The van der Waals surface area contributed by atoms with Gasteiger partial charge in [0.1, 0.15) is 11.5 Å². The van der Waals surface area contributed by atoms with Crippen LogP contribution in [0.15, 0.2) is 48.5 Å². The van der Waals surface area contributed by atoms with E-state index >= 15 is 0 Å². The molecule has 0 radical (unpaired) electrons. The Kier molecular flexibility index (Phi) is 3.41. The third-order valence-corrected chi connectivity index (χ3v) is 3.82. The lowest BCUT2D eigenvalue weighted by molar-refractivity contribution is 0.482. The third kappa shape index (κ3) is 2.90. The maximum Gasteiger partial charge on any atom is 0.127 e. The zero-order chi connectivity index (χ0) is 13.1. The van der Waals surface area contributed by atoms with Gasteiger partial charge in [-0.25, -0.2) is 0 Å². The molecule has 19 heavy (non-hydrogen) atoms. The SMILES string of the molecule is Nc1ccc(Oc2ccc(C3CCCC3)cc2)cc1. The first-order valence-corrected chi connectivity index (χ1v) is 6.94. The van der Waals surface area contributed by atoms with Crippen LogP contribution in [0.5, 0.6) is 11.5 Å². The highest BCUT2D eigenvalue weighted by Crippen LogP contribution is 2.35. The van der Waals surface area contributed by atoms with Crippen LogP contribution in [0, 0.1) is 0 Å². The fourth-order valence-corrected chi connectivity index (χ4v) is 2.74. The Balaban J connectivity index is 1.70. The summed E-state index contributed by atoms with van der Waals surface area (Å²) in [5.74, 6) is 2.46. The normalized spacial score (nSPS) is 15.6. The first-order valence-electron chi connectivity index (χ1n) is 6.94. The molecule has 0 heterocycles. The third-order valence-electron chi connectivity index (χ3n) is 3.82. The summed E-state index contributed by atoms with van der Waals surface area (Å²) in [4.78, 5) is 0. The van der Waals surface area contributed by atoms with E-state index in [-0.39, 0.29) is 0 Å². The van der Waals surface area contributed by atoms with Gasteiger partial charge in [0.05, 0.1) is 0 Å². The van der Waals surface area contributed by atoms with Gasteiger partial charge in [0.25, 0.3) is 0 Å². The van der Waals surface area contributed by atoms with Gasteiger partial charge in [-0.2, -0.15) is 0 Å². The van der Waals surface area contributed by atoms with Gasteiger partial charge < -0.3 is 10.5 Å². The van der Waals surface area contributed by atoms with Crippen LogP contribution in [0.1, 0.15) is 37.2 Å². The molecule has 3 rings (SSSR count). The number of anilines is 1. The van der Waals surface area contributed by atoms with E-state index in [0.29, 0.717) is 0 Å². The van der Waals surface area contributed by atoms with Gasteiger partial charge in [0.2, 0.25) is 0 Å². The predicted octanol–water partition coefficient (Wildman–Crippen LogP) is 4.72. The van der Waals surface area contributed by atoms with Crippen molar-refractivity contribution in [2.24, 2.45) is 0 Å². The molecule has 1 saturated carbocycles. The second kappa shape index (κ2) is 5.35. The van der Waals surface area contributed by atoms with E-state index in [1.165, 1.54) is 31.2 Å². The predicted molar refractivity (Wildman–Crippen MR) is 78.6 cm³/mol. The molecule has 0 bridgehead atoms. The molecule has 1 aliphatic carbocycles. The zero-order valence-electron chi connectivity index (χ0n) is 11.0. The monoisotopic (exact) mass is 253 g/mol. The molecule has 0 aliphatic heterocycles. The Morgan fingerprint density at radius 3 is 1.89 bits per heavy atom. The van der Waals surface area contributed by atoms with Crippen molar-refractivity contribution in [3.05, 3.63) is 54.1 Å². The molecule has 0 unspecified atom stereocenters. The quantitative estimate of drug-likeness (QED) is 0.803. The van der Waals surface area contributed by atoms with Gasteiger partial charge in [-0.05, 0) is 60.7 Å². The minimum atomic E-state index is 0.754. The molecule has 0 aromatic heterocycles. The highest BCUT2D eigenvalue weighted by molar-refractivity contribution is 5.43. The summed E-state index contributed by atoms with van der Waals surface area (Å²) < 4.78 is 5.80. The second-order valence-corrected chi connectivity index (χ2v) is 5.22. The van der Waals surface area contributed by atoms with Crippen LogP contribution in [-0.2, 0) is 0 Å². The fraction of sp³-hybridized carbons (Fsp3) is 0.294. The summed E-state index contributed by atoms with van der Waals surface area (Å²) in [6.45, 7) is 0. The van der Waals surface area contributed by atoms with Crippen molar-refractivity contribution in [2.75, 3.05) is 5.73 Å². The zero-order valence-corrected chi connectivity index (χ0v) is 11.0. The summed E-state index contributed by atoms with van der Waals surface area (Å²) >= 11 is 0. The van der Waals surface area contributed by atoms with Crippen molar-refractivity contribution >= 4 is 5.69 Å². The van der Waals surface area contributed by atoms with Crippen LogP contribution in [0.2, 0.25) is 0 Å². The van der Waals surface area contributed by atoms with E-state index < -0.39 is 0 Å². The maximum atomic E-state index is 5.80. The Labute approximate surface area is 114 Å². The van der Waals surface area contributed by atoms with Crippen LogP contribution in [0.4, 0.5) is 5.69 Å². The van der Waals surface area contributed by atoms with Crippen molar-refractivity contribution in [3.8, 4) is 11.5 Å². The molecule has 2 heteroatoms. The summed E-state index contributed by atoms with van der Waals surface area (Å²) in [5, 5.41) is 0. The first-order chi connectivity index (χ1) is 9.31. The van der Waals surface area contributed by atoms with Crippen molar-refractivity contribution in [1.29, 1.82) is 0 Å². The number of rotatable bonds is 3. The Bertz CT molecular complexity index is 524. The molecule has 2 aromatic rings. The van der Waals surface area contributed by atoms with Gasteiger partial charge in [-0.15, -0.1) is 0 Å². The average Bonchev–Trinajstić information content (AvgIpc) is 2.96. The largest absolute Gasteiger partial charge is 0.457 e. The molecule has 2 aromatic carbocycles. The van der Waals surface area contributed by atoms with Crippen molar-refractivity contribution in [3.63, 3.8) is 0 Å². The van der Waals surface area contributed by atoms with Crippen LogP contribution in [0.25, 0.3) is 0 Å². The smallest absolute Gasteiger partial charge is 0.127 e. The minimum absolute atomic E-state index is 0.754. The lowest BCUT2D eigenvalue weighted by Gasteiger charge is -2.11. The molecule has 0 saturated heterocycles.